The normalized spacial score (nSPS) is 10.6. The predicted octanol–water partition coefficient (Wildman–Crippen LogP) is 0.00450. The second kappa shape index (κ2) is 7.84. The maximum absolute atomic E-state index is 11.4. The molecule has 0 radical (unpaired) electrons. The Hall–Kier alpha value is -1.40. The lowest BCUT2D eigenvalue weighted by Crippen LogP contribution is -2.32. The predicted molar refractivity (Wildman–Crippen MR) is 72.3 cm³/mol. The molecule has 0 aliphatic heterocycles. The van der Waals surface area contributed by atoms with Gasteiger partial charge in [0.15, 0.2) is 0 Å². The van der Waals surface area contributed by atoms with Crippen LogP contribution in [0.15, 0.2) is 10.9 Å². The van der Waals surface area contributed by atoms with E-state index in [0.717, 1.165) is 31.9 Å². The van der Waals surface area contributed by atoms with E-state index in [4.69, 9.17) is 4.74 Å². The fourth-order valence-corrected chi connectivity index (χ4v) is 1.52. The van der Waals surface area contributed by atoms with Gasteiger partial charge in [0.05, 0.1) is 6.61 Å². The summed E-state index contributed by atoms with van der Waals surface area (Å²) in [6.45, 7) is 5.12. The molecular weight excluding hydrogens is 232 g/mol. The second-order valence-electron chi connectivity index (χ2n) is 4.07. The average Bonchev–Trinajstić information content (AvgIpc) is 2.37. The highest BCUT2D eigenvalue weighted by molar-refractivity contribution is 5.36. The van der Waals surface area contributed by atoms with Crippen molar-refractivity contribution in [1.82, 2.24) is 15.3 Å². The highest BCUT2D eigenvalue weighted by atomic mass is 16.5. The number of hydrogen-bond acceptors (Lipinski definition) is 5. The molecule has 0 unspecified atom stereocenters. The van der Waals surface area contributed by atoms with Gasteiger partial charge < -0.3 is 19.9 Å². The van der Waals surface area contributed by atoms with Gasteiger partial charge in [-0.15, -0.1) is 0 Å². The van der Waals surface area contributed by atoms with Crippen molar-refractivity contribution in [3.8, 4) is 0 Å². The van der Waals surface area contributed by atoms with E-state index in [0.29, 0.717) is 12.4 Å². The third-order valence-electron chi connectivity index (χ3n) is 2.61. The van der Waals surface area contributed by atoms with Gasteiger partial charge in [0.25, 0.3) is 5.56 Å². The Morgan fingerprint density at radius 3 is 2.94 bits per heavy atom. The molecule has 0 bridgehead atoms. The fraction of sp³-hybridized carbons (Fsp3) is 0.667. The molecular formula is C12H22N4O2. The first-order valence-electron chi connectivity index (χ1n) is 6.18. The third kappa shape index (κ3) is 4.85. The summed E-state index contributed by atoms with van der Waals surface area (Å²) in [6, 6.07) is 1.52. The number of nitrogens with one attached hydrogen (secondary N) is 2. The largest absolute Gasteiger partial charge is 0.383 e. The van der Waals surface area contributed by atoms with Gasteiger partial charge in [-0.2, -0.15) is 0 Å². The van der Waals surface area contributed by atoms with Crippen molar-refractivity contribution in [2.24, 2.45) is 0 Å². The van der Waals surface area contributed by atoms with E-state index in [1.54, 1.807) is 7.11 Å². The molecule has 1 aromatic rings. The van der Waals surface area contributed by atoms with E-state index in [2.05, 4.69) is 15.3 Å². The molecule has 0 atom stereocenters. The molecule has 0 amide bonds. The van der Waals surface area contributed by atoms with E-state index in [9.17, 15) is 4.79 Å². The van der Waals surface area contributed by atoms with Crippen LogP contribution in [0.3, 0.4) is 0 Å². The smallest absolute Gasteiger partial charge is 0.252 e. The first kappa shape index (κ1) is 14.7. The van der Waals surface area contributed by atoms with Gasteiger partial charge in [0, 0.05) is 46.3 Å². The van der Waals surface area contributed by atoms with Crippen molar-refractivity contribution in [1.29, 1.82) is 0 Å². The van der Waals surface area contributed by atoms with Crippen LogP contribution < -0.4 is 15.8 Å². The van der Waals surface area contributed by atoms with E-state index >= 15 is 0 Å². The summed E-state index contributed by atoms with van der Waals surface area (Å²) in [5, 5.41) is 3.25. The number of nitrogens with zero attached hydrogens (tertiary/aromatic N) is 2. The van der Waals surface area contributed by atoms with Crippen LogP contribution in [0.2, 0.25) is 0 Å². The average molecular weight is 254 g/mol. The van der Waals surface area contributed by atoms with Gasteiger partial charge >= 0.3 is 0 Å². The minimum absolute atomic E-state index is 0.101. The molecule has 0 fully saturated rings. The van der Waals surface area contributed by atoms with Crippen LogP contribution in [0.4, 0.5) is 5.82 Å². The zero-order valence-electron chi connectivity index (χ0n) is 11.3. The van der Waals surface area contributed by atoms with Crippen LogP contribution in [0.1, 0.15) is 12.7 Å². The molecule has 6 heteroatoms. The van der Waals surface area contributed by atoms with Gasteiger partial charge in [0.2, 0.25) is 0 Å². The maximum Gasteiger partial charge on any atom is 0.252 e. The van der Waals surface area contributed by atoms with Gasteiger partial charge in [-0.25, -0.2) is 4.98 Å². The number of anilines is 1. The monoisotopic (exact) mass is 254 g/mol. The lowest BCUT2D eigenvalue weighted by Gasteiger charge is -2.18. The zero-order chi connectivity index (χ0) is 13.4. The first-order chi connectivity index (χ1) is 8.67. The molecule has 0 saturated heterocycles. The number of likely N-dealkylation sites (N-methyl/N-ethyl adjacent to an activating group) is 1. The van der Waals surface area contributed by atoms with Crippen LogP contribution in [0.5, 0.6) is 0 Å². The fourth-order valence-electron chi connectivity index (χ4n) is 1.52. The number of hydrogen-bond donors (Lipinski definition) is 2. The van der Waals surface area contributed by atoms with Crippen molar-refractivity contribution >= 4 is 5.82 Å². The number of ether oxygens (including phenoxy) is 1. The van der Waals surface area contributed by atoms with Crippen LogP contribution in [0, 0.1) is 0 Å². The Morgan fingerprint density at radius 2 is 2.28 bits per heavy atom. The Labute approximate surface area is 107 Å². The quantitative estimate of drug-likeness (QED) is 0.639. The summed E-state index contributed by atoms with van der Waals surface area (Å²) in [7, 11) is 3.61. The van der Waals surface area contributed by atoms with Crippen molar-refractivity contribution < 1.29 is 4.74 Å². The van der Waals surface area contributed by atoms with E-state index in [-0.39, 0.29) is 5.56 Å². The van der Waals surface area contributed by atoms with E-state index in [1.165, 1.54) is 6.07 Å². The van der Waals surface area contributed by atoms with Crippen molar-refractivity contribution in [3.05, 3.63) is 22.2 Å². The molecule has 0 spiro atoms. The summed E-state index contributed by atoms with van der Waals surface area (Å²) < 4.78 is 4.95. The Morgan fingerprint density at radius 1 is 1.50 bits per heavy atom. The molecule has 1 rings (SSSR count). The van der Waals surface area contributed by atoms with Crippen molar-refractivity contribution in [2.45, 2.75) is 13.3 Å². The van der Waals surface area contributed by atoms with Crippen LogP contribution in [-0.4, -0.2) is 50.4 Å². The second-order valence-corrected chi connectivity index (χ2v) is 4.07. The molecule has 6 nitrogen and oxygen atoms in total. The molecule has 2 N–H and O–H groups in total. The van der Waals surface area contributed by atoms with Crippen LogP contribution in [-0.2, 0) is 11.2 Å². The molecule has 0 aliphatic carbocycles. The molecule has 1 heterocycles. The van der Waals surface area contributed by atoms with E-state index < -0.39 is 0 Å². The van der Waals surface area contributed by atoms with Gasteiger partial charge in [-0.1, -0.05) is 6.92 Å². The molecule has 18 heavy (non-hydrogen) atoms. The summed E-state index contributed by atoms with van der Waals surface area (Å²) in [4.78, 5) is 20.5. The Balaban J connectivity index is 2.48. The van der Waals surface area contributed by atoms with Gasteiger partial charge in [-0.3, -0.25) is 4.79 Å². The third-order valence-corrected chi connectivity index (χ3v) is 2.61. The van der Waals surface area contributed by atoms with Gasteiger partial charge in [0.1, 0.15) is 11.6 Å². The number of aromatic nitrogens is 2. The number of methoxy groups -OCH3 is 1. The van der Waals surface area contributed by atoms with E-state index in [1.807, 2.05) is 18.9 Å². The van der Waals surface area contributed by atoms with Crippen LogP contribution >= 0.6 is 0 Å². The highest BCUT2D eigenvalue weighted by Gasteiger charge is 2.04. The van der Waals surface area contributed by atoms with Gasteiger partial charge in [-0.05, 0) is 0 Å². The number of H-pyrrole nitrogens is 1. The molecule has 0 aliphatic rings. The van der Waals surface area contributed by atoms with Crippen molar-refractivity contribution in [2.75, 3.05) is 45.3 Å². The Bertz CT molecular complexity index is 405. The lowest BCUT2D eigenvalue weighted by atomic mass is 10.4. The highest BCUT2D eigenvalue weighted by Crippen LogP contribution is 2.04. The topological polar surface area (TPSA) is 70.2 Å². The number of rotatable bonds is 8. The zero-order valence-corrected chi connectivity index (χ0v) is 11.3. The molecule has 0 aromatic carbocycles. The molecule has 102 valence electrons. The minimum Gasteiger partial charge on any atom is -0.383 e. The summed E-state index contributed by atoms with van der Waals surface area (Å²) in [6.07, 6.45) is 0.725. The summed E-state index contributed by atoms with van der Waals surface area (Å²) in [5.74, 6) is 1.43. The van der Waals surface area contributed by atoms with Crippen molar-refractivity contribution in [3.63, 3.8) is 0 Å². The first-order valence-corrected chi connectivity index (χ1v) is 6.18. The Kier molecular flexibility index (Phi) is 6.38. The molecule has 0 saturated carbocycles. The molecule has 1 aromatic heterocycles. The van der Waals surface area contributed by atoms with Crippen LogP contribution in [0.25, 0.3) is 0 Å². The standard InChI is InChI=1S/C12H22N4O2/c1-4-10-14-11(9-12(17)15-10)16(2)7-5-13-6-8-18-3/h9,13H,4-8H2,1-3H3,(H,14,15,17). The maximum atomic E-state index is 11.4. The summed E-state index contributed by atoms with van der Waals surface area (Å²) in [5.41, 5.74) is -0.101. The minimum atomic E-state index is -0.101. The number of aromatic amines is 1. The lowest BCUT2D eigenvalue weighted by molar-refractivity contribution is 0.200. The SMILES string of the molecule is CCc1nc(N(C)CCNCCOC)cc(=O)[nH]1. The number of aryl methyl sites for hydroxylation is 1. The summed E-state index contributed by atoms with van der Waals surface area (Å²) >= 11 is 0.